The number of aliphatic hydroxyl groups is 1. The van der Waals surface area contributed by atoms with Gasteiger partial charge >= 0.3 is 0 Å². The van der Waals surface area contributed by atoms with Gasteiger partial charge in [0.05, 0.1) is 11.0 Å². The summed E-state index contributed by atoms with van der Waals surface area (Å²) < 4.78 is 33.5. The zero-order valence-corrected chi connectivity index (χ0v) is 22.1. The van der Waals surface area contributed by atoms with Crippen molar-refractivity contribution in [3.63, 3.8) is 0 Å². The molecule has 1 aliphatic rings. The molecule has 2 atom stereocenters. The number of hydrogen-bond acceptors (Lipinski definition) is 7. The zero-order chi connectivity index (χ0) is 26.6. The quantitative estimate of drug-likeness (QED) is 0.413. The van der Waals surface area contributed by atoms with Crippen molar-refractivity contribution < 1.29 is 23.1 Å². The molecule has 3 N–H and O–H groups in total. The monoisotopic (exact) mass is 523 g/mol. The number of carbonyl (C=O) groups is 1. The molecule has 0 spiro atoms. The second-order valence-corrected chi connectivity index (χ2v) is 12.0. The standard InChI is InChI=1S/C28H33N3O5S/c1-28(2,3)27(33)31-37(34,35)24-11-7-19(8-12-24)20-9-13-26-21(15-20)6-10-23(36-26)17-30-18-25(32)22-5-4-14-29-16-22/h4-5,7-9,11-16,23,25,30,32H,6,10,17-18H2,1-3H3,(H,31,33). The molecule has 37 heavy (non-hydrogen) atoms. The summed E-state index contributed by atoms with van der Waals surface area (Å²) in [5.41, 5.74) is 2.89. The summed E-state index contributed by atoms with van der Waals surface area (Å²) in [4.78, 5) is 16.2. The van der Waals surface area contributed by atoms with Crippen LogP contribution in [-0.2, 0) is 21.2 Å². The summed E-state index contributed by atoms with van der Waals surface area (Å²) in [5.74, 6) is 0.281. The smallest absolute Gasteiger partial charge is 0.264 e. The van der Waals surface area contributed by atoms with Crippen molar-refractivity contribution in [2.24, 2.45) is 5.41 Å². The van der Waals surface area contributed by atoms with Gasteiger partial charge in [-0.1, -0.05) is 45.0 Å². The molecule has 0 bridgehead atoms. The van der Waals surface area contributed by atoms with Gasteiger partial charge in [0.1, 0.15) is 11.9 Å². The van der Waals surface area contributed by atoms with Crippen LogP contribution in [0.25, 0.3) is 11.1 Å². The van der Waals surface area contributed by atoms with Gasteiger partial charge in [-0.15, -0.1) is 0 Å². The Morgan fingerprint density at radius 1 is 1.14 bits per heavy atom. The summed E-state index contributed by atoms with van der Waals surface area (Å²) in [6, 6.07) is 16.1. The molecule has 1 amide bonds. The molecule has 2 unspecified atom stereocenters. The molecule has 2 heterocycles. The van der Waals surface area contributed by atoms with E-state index in [1.165, 1.54) is 12.1 Å². The minimum Gasteiger partial charge on any atom is -0.489 e. The van der Waals surface area contributed by atoms with Gasteiger partial charge in [-0.05, 0) is 59.9 Å². The summed E-state index contributed by atoms with van der Waals surface area (Å²) in [6.07, 6.45) is 4.42. The van der Waals surface area contributed by atoms with Crippen molar-refractivity contribution >= 4 is 15.9 Å². The van der Waals surface area contributed by atoms with Gasteiger partial charge in [0.15, 0.2) is 0 Å². The summed E-state index contributed by atoms with van der Waals surface area (Å²) in [6.45, 7) is 6.03. The summed E-state index contributed by atoms with van der Waals surface area (Å²) in [7, 11) is -3.94. The summed E-state index contributed by atoms with van der Waals surface area (Å²) >= 11 is 0. The minimum absolute atomic E-state index is 0.00671. The molecule has 1 aromatic heterocycles. The number of aromatic nitrogens is 1. The van der Waals surface area contributed by atoms with E-state index in [1.54, 1.807) is 51.4 Å². The van der Waals surface area contributed by atoms with Gasteiger partial charge in [-0.25, -0.2) is 13.1 Å². The normalized spacial score (nSPS) is 16.4. The molecule has 2 aromatic carbocycles. The third-order valence-corrected chi connectivity index (χ3v) is 7.62. The Morgan fingerprint density at radius 2 is 1.86 bits per heavy atom. The summed E-state index contributed by atoms with van der Waals surface area (Å²) in [5, 5.41) is 13.6. The molecule has 1 aliphatic heterocycles. The number of nitrogens with zero attached hydrogens (tertiary/aromatic N) is 1. The highest BCUT2D eigenvalue weighted by Crippen LogP contribution is 2.32. The fourth-order valence-electron chi connectivity index (χ4n) is 4.00. The molecule has 0 fully saturated rings. The number of sulfonamides is 1. The fraction of sp³-hybridized carbons (Fsp3) is 0.357. The highest BCUT2D eigenvalue weighted by molar-refractivity contribution is 7.90. The van der Waals surface area contributed by atoms with Crippen LogP contribution in [0.2, 0.25) is 0 Å². The first-order valence-electron chi connectivity index (χ1n) is 12.3. The highest BCUT2D eigenvalue weighted by Gasteiger charge is 2.27. The number of rotatable bonds is 8. The van der Waals surface area contributed by atoms with Crippen LogP contribution in [0.4, 0.5) is 0 Å². The molecule has 0 saturated carbocycles. The van der Waals surface area contributed by atoms with Crippen molar-refractivity contribution in [3.05, 3.63) is 78.1 Å². The Kier molecular flexibility index (Phi) is 7.96. The average molecular weight is 524 g/mol. The van der Waals surface area contributed by atoms with Crippen LogP contribution in [0, 0.1) is 5.41 Å². The van der Waals surface area contributed by atoms with E-state index < -0.39 is 27.4 Å². The maximum atomic E-state index is 12.6. The first kappa shape index (κ1) is 26.8. The lowest BCUT2D eigenvalue weighted by molar-refractivity contribution is -0.126. The van der Waals surface area contributed by atoms with Gasteiger partial charge in [0, 0.05) is 36.5 Å². The molecule has 3 aromatic rings. The van der Waals surface area contributed by atoms with E-state index >= 15 is 0 Å². The van der Waals surface area contributed by atoms with Crippen LogP contribution in [0.5, 0.6) is 5.75 Å². The lowest BCUT2D eigenvalue weighted by Gasteiger charge is -2.27. The topological polar surface area (TPSA) is 118 Å². The maximum absolute atomic E-state index is 12.6. The van der Waals surface area contributed by atoms with Crippen molar-refractivity contribution in [1.29, 1.82) is 0 Å². The number of nitrogens with one attached hydrogen (secondary N) is 2. The van der Waals surface area contributed by atoms with Gasteiger partial charge in [-0.3, -0.25) is 9.78 Å². The SMILES string of the molecule is CC(C)(C)C(=O)NS(=O)(=O)c1ccc(-c2ccc3c(c2)CCC(CNCC(O)c2cccnc2)O3)cc1. The molecular formula is C28H33N3O5S. The number of aryl methyl sites for hydroxylation is 1. The number of fused-ring (bicyclic) bond motifs is 1. The highest BCUT2D eigenvalue weighted by atomic mass is 32.2. The fourth-order valence-corrected chi connectivity index (χ4v) is 5.16. The van der Waals surface area contributed by atoms with Gasteiger partial charge in [0.25, 0.3) is 10.0 Å². The Hall–Kier alpha value is -3.27. The van der Waals surface area contributed by atoms with E-state index in [2.05, 4.69) is 21.1 Å². The van der Waals surface area contributed by atoms with Crippen LogP contribution in [0.1, 0.15) is 44.4 Å². The largest absolute Gasteiger partial charge is 0.489 e. The Morgan fingerprint density at radius 3 is 2.54 bits per heavy atom. The van der Waals surface area contributed by atoms with Crippen molar-refractivity contribution in [2.45, 2.75) is 50.7 Å². The molecule has 196 valence electrons. The molecule has 0 saturated heterocycles. The third kappa shape index (κ3) is 6.74. The van der Waals surface area contributed by atoms with E-state index in [4.69, 9.17) is 4.74 Å². The third-order valence-electron chi connectivity index (χ3n) is 6.27. The van der Waals surface area contributed by atoms with Crippen LogP contribution >= 0.6 is 0 Å². The van der Waals surface area contributed by atoms with Gasteiger partial charge in [0.2, 0.25) is 5.91 Å². The number of amides is 1. The Bertz CT molecular complexity index is 1340. The van der Waals surface area contributed by atoms with Crippen molar-refractivity contribution in [3.8, 4) is 16.9 Å². The molecule has 0 aliphatic carbocycles. The zero-order valence-electron chi connectivity index (χ0n) is 21.3. The minimum atomic E-state index is -3.94. The van der Waals surface area contributed by atoms with E-state index in [1.807, 2.05) is 18.2 Å². The lowest BCUT2D eigenvalue weighted by Crippen LogP contribution is -2.38. The molecule has 0 radical (unpaired) electrons. The first-order valence-corrected chi connectivity index (χ1v) is 13.8. The average Bonchev–Trinajstić information content (AvgIpc) is 2.88. The van der Waals surface area contributed by atoms with Crippen molar-refractivity contribution in [1.82, 2.24) is 15.0 Å². The Balaban J connectivity index is 1.35. The van der Waals surface area contributed by atoms with Crippen LogP contribution in [0.15, 0.2) is 71.9 Å². The van der Waals surface area contributed by atoms with Crippen LogP contribution in [0.3, 0.4) is 0 Å². The number of ether oxygens (including phenoxy) is 1. The second-order valence-electron chi connectivity index (χ2n) is 10.3. The first-order chi connectivity index (χ1) is 17.5. The molecule has 8 nitrogen and oxygen atoms in total. The number of hydrogen-bond donors (Lipinski definition) is 3. The van der Waals surface area contributed by atoms with E-state index in [9.17, 15) is 18.3 Å². The van der Waals surface area contributed by atoms with E-state index in [-0.39, 0.29) is 11.0 Å². The van der Waals surface area contributed by atoms with Crippen molar-refractivity contribution in [2.75, 3.05) is 13.1 Å². The van der Waals surface area contributed by atoms with Gasteiger partial charge in [-0.2, -0.15) is 0 Å². The number of carbonyl (C=O) groups excluding carboxylic acids is 1. The number of benzene rings is 2. The van der Waals surface area contributed by atoms with Crippen LogP contribution < -0.4 is 14.8 Å². The van der Waals surface area contributed by atoms with Gasteiger partial charge < -0.3 is 15.2 Å². The maximum Gasteiger partial charge on any atom is 0.264 e. The van der Waals surface area contributed by atoms with E-state index in [0.717, 1.165) is 40.8 Å². The lowest BCUT2D eigenvalue weighted by atomic mass is 9.96. The van der Waals surface area contributed by atoms with Crippen LogP contribution in [-0.4, -0.2) is 43.6 Å². The molecule has 9 heteroatoms. The predicted octanol–water partition coefficient (Wildman–Crippen LogP) is 3.62. The predicted molar refractivity (Wildman–Crippen MR) is 141 cm³/mol. The molecular weight excluding hydrogens is 490 g/mol. The number of pyridine rings is 1. The Labute approximate surface area is 218 Å². The second kappa shape index (κ2) is 11.0. The molecule has 4 rings (SSSR count). The van der Waals surface area contributed by atoms with E-state index in [0.29, 0.717) is 13.1 Å². The number of aliphatic hydroxyl groups excluding tert-OH is 1.